The van der Waals surface area contributed by atoms with Crippen LogP contribution in [0, 0.1) is 0 Å². The first-order valence-corrected chi connectivity index (χ1v) is 8.20. The molecule has 0 bridgehead atoms. The van der Waals surface area contributed by atoms with Gasteiger partial charge in [0.1, 0.15) is 0 Å². The van der Waals surface area contributed by atoms with Gasteiger partial charge < -0.3 is 5.32 Å². The van der Waals surface area contributed by atoms with Gasteiger partial charge in [-0.1, -0.05) is 11.6 Å². The van der Waals surface area contributed by atoms with Gasteiger partial charge in [0.25, 0.3) is 0 Å². The highest BCUT2D eigenvalue weighted by atomic mass is 35.5. The van der Waals surface area contributed by atoms with Gasteiger partial charge in [-0.3, -0.25) is 0 Å². The summed E-state index contributed by atoms with van der Waals surface area (Å²) in [4.78, 5) is 1.13. The lowest BCUT2D eigenvalue weighted by Gasteiger charge is -2.25. The summed E-state index contributed by atoms with van der Waals surface area (Å²) in [6, 6.07) is 3.81. The zero-order chi connectivity index (χ0) is 13.1. The molecule has 4 nitrogen and oxygen atoms in total. The number of halogens is 1. The third-order valence-corrected chi connectivity index (χ3v) is 4.11. The van der Waals surface area contributed by atoms with Crippen molar-refractivity contribution in [1.82, 2.24) is 10.0 Å². The third-order valence-electron chi connectivity index (χ3n) is 1.96. The standard InChI is InChI=1S/C10H17ClN2O2S2/c1-10(2,13-17(3,14)15)7-12-6-8-4-5-9(11)16-8/h4-5,12-13H,6-7H2,1-3H3. The summed E-state index contributed by atoms with van der Waals surface area (Å²) in [5, 5.41) is 3.20. The van der Waals surface area contributed by atoms with Crippen LogP contribution in [-0.4, -0.2) is 26.8 Å². The molecule has 1 aromatic rings. The van der Waals surface area contributed by atoms with Crippen molar-refractivity contribution in [2.45, 2.75) is 25.9 Å². The first-order valence-electron chi connectivity index (χ1n) is 5.12. The number of hydrogen-bond acceptors (Lipinski definition) is 4. The largest absolute Gasteiger partial charge is 0.310 e. The molecule has 0 amide bonds. The van der Waals surface area contributed by atoms with E-state index in [1.54, 1.807) is 0 Å². The minimum absolute atomic E-state index is 0.505. The highest BCUT2D eigenvalue weighted by Crippen LogP contribution is 2.21. The molecule has 0 spiro atoms. The van der Waals surface area contributed by atoms with E-state index < -0.39 is 15.6 Å². The molecule has 0 aliphatic heterocycles. The molecule has 0 saturated heterocycles. The van der Waals surface area contributed by atoms with Crippen molar-refractivity contribution in [1.29, 1.82) is 0 Å². The number of thiophene rings is 1. The van der Waals surface area contributed by atoms with Crippen molar-refractivity contribution in [3.8, 4) is 0 Å². The van der Waals surface area contributed by atoms with E-state index in [2.05, 4.69) is 10.0 Å². The molecule has 0 unspecified atom stereocenters. The molecule has 0 radical (unpaired) electrons. The molecule has 0 aliphatic rings. The molecule has 1 aromatic heterocycles. The van der Waals surface area contributed by atoms with E-state index in [4.69, 9.17) is 11.6 Å². The topological polar surface area (TPSA) is 58.2 Å². The summed E-state index contributed by atoms with van der Waals surface area (Å²) in [6.07, 6.45) is 1.16. The smallest absolute Gasteiger partial charge is 0.209 e. The van der Waals surface area contributed by atoms with Crippen LogP contribution in [0.2, 0.25) is 4.34 Å². The zero-order valence-electron chi connectivity index (χ0n) is 10.1. The van der Waals surface area contributed by atoms with Crippen LogP contribution in [-0.2, 0) is 16.6 Å². The normalized spacial score (nSPS) is 12.9. The van der Waals surface area contributed by atoms with E-state index >= 15 is 0 Å². The summed E-state index contributed by atoms with van der Waals surface area (Å²) in [7, 11) is -3.18. The van der Waals surface area contributed by atoms with Gasteiger partial charge in [0.15, 0.2) is 0 Å². The van der Waals surface area contributed by atoms with E-state index in [1.165, 1.54) is 11.3 Å². The molecule has 2 N–H and O–H groups in total. The molecular formula is C10H17ClN2O2S2. The van der Waals surface area contributed by atoms with Crippen LogP contribution < -0.4 is 10.0 Å². The quantitative estimate of drug-likeness (QED) is 0.842. The molecule has 17 heavy (non-hydrogen) atoms. The van der Waals surface area contributed by atoms with E-state index in [0.717, 1.165) is 15.5 Å². The van der Waals surface area contributed by atoms with Gasteiger partial charge in [-0.25, -0.2) is 13.1 Å². The molecular weight excluding hydrogens is 280 g/mol. The lowest BCUT2D eigenvalue weighted by atomic mass is 10.1. The maximum Gasteiger partial charge on any atom is 0.209 e. The Hall–Kier alpha value is -0.140. The maximum absolute atomic E-state index is 11.1. The van der Waals surface area contributed by atoms with E-state index in [9.17, 15) is 8.42 Å². The second-order valence-corrected chi connectivity index (χ2v) is 8.12. The first kappa shape index (κ1) is 14.9. The molecule has 0 fully saturated rings. The number of rotatable bonds is 6. The van der Waals surface area contributed by atoms with Gasteiger partial charge in [-0.2, -0.15) is 0 Å². The van der Waals surface area contributed by atoms with Crippen molar-refractivity contribution >= 4 is 33.0 Å². The van der Waals surface area contributed by atoms with Crippen LogP contribution in [0.4, 0.5) is 0 Å². The molecule has 1 rings (SSSR count). The molecule has 0 saturated carbocycles. The van der Waals surface area contributed by atoms with Gasteiger partial charge in [0, 0.05) is 23.5 Å². The Morgan fingerprint density at radius 3 is 2.53 bits per heavy atom. The predicted molar refractivity (Wildman–Crippen MR) is 73.1 cm³/mol. The van der Waals surface area contributed by atoms with Gasteiger partial charge in [0.05, 0.1) is 10.6 Å². The van der Waals surface area contributed by atoms with E-state index in [1.807, 2.05) is 26.0 Å². The molecule has 0 aromatic carbocycles. The fourth-order valence-corrected chi connectivity index (χ4v) is 3.62. The molecule has 0 atom stereocenters. The SMILES string of the molecule is CC(C)(CNCc1ccc(Cl)s1)NS(C)(=O)=O. The average molecular weight is 297 g/mol. The lowest BCUT2D eigenvalue weighted by Crippen LogP contribution is -2.49. The summed E-state index contributed by atoms with van der Waals surface area (Å²) >= 11 is 7.33. The Morgan fingerprint density at radius 1 is 1.41 bits per heavy atom. The summed E-state index contributed by atoms with van der Waals surface area (Å²) < 4.78 is 25.6. The fraction of sp³-hybridized carbons (Fsp3) is 0.600. The second-order valence-electron chi connectivity index (χ2n) is 4.57. The highest BCUT2D eigenvalue weighted by Gasteiger charge is 2.21. The van der Waals surface area contributed by atoms with Crippen LogP contribution in [0.3, 0.4) is 0 Å². The van der Waals surface area contributed by atoms with Crippen LogP contribution in [0.15, 0.2) is 12.1 Å². The Kier molecular flexibility index (Phi) is 4.97. The fourth-order valence-electron chi connectivity index (χ4n) is 1.48. The maximum atomic E-state index is 11.1. The number of nitrogens with one attached hydrogen (secondary N) is 2. The van der Waals surface area contributed by atoms with Crippen LogP contribution in [0.5, 0.6) is 0 Å². The second kappa shape index (κ2) is 5.67. The number of sulfonamides is 1. The minimum atomic E-state index is -3.18. The molecule has 98 valence electrons. The van der Waals surface area contributed by atoms with Crippen molar-refractivity contribution in [2.24, 2.45) is 0 Å². The minimum Gasteiger partial charge on any atom is -0.310 e. The third kappa shape index (κ3) is 6.38. The number of hydrogen-bond donors (Lipinski definition) is 2. The van der Waals surface area contributed by atoms with Crippen LogP contribution >= 0.6 is 22.9 Å². The zero-order valence-corrected chi connectivity index (χ0v) is 12.5. The average Bonchev–Trinajstić information content (AvgIpc) is 2.46. The van der Waals surface area contributed by atoms with Gasteiger partial charge >= 0.3 is 0 Å². The summed E-state index contributed by atoms with van der Waals surface area (Å²) in [5.41, 5.74) is -0.505. The van der Waals surface area contributed by atoms with Crippen molar-refractivity contribution < 1.29 is 8.42 Å². The summed E-state index contributed by atoms with van der Waals surface area (Å²) in [5.74, 6) is 0. The van der Waals surface area contributed by atoms with Gasteiger partial charge in [-0.15, -0.1) is 11.3 Å². The lowest BCUT2D eigenvalue weighted by molar-refractivity contribution is 0.422. The van der Waals surface area contributed by atoms with Crippen LogP contribution in [0.25, 0.3) is 0 Å². The van der Waals surface area contributed by atoms with E-state index in [-0.39, 0.29) is 0 Å². The molecule has 1 heterocycles. The molecule has 7 heteroatoms. The first-order chi connectivity index (χ1) is 7.68. The monoisotopic (exact) mass is 296 g/mol. The Morgan fingerprint density at radius 2 is 2.06 bits per heavy atom. The highest BCUT2D eigenvalue weighted by molar-refractivity contribution is 7.88. The van der Waals surface area contributed by atoms with E-state index in [0.29, 0.717) is 13.1 Å². The van der Waals surface area contributed by atoms with Gasteiger partial charge in [-0.05, 0) is 26.0 Å². The molecule has 0 aliphatic carbocycles. The van der Waals surface area contributed by atoms with Gasteiger partial charge in [0.2, 0.25) is 10.0 Å². The predicted octanol–water partition coefficient (Wildman–Crippen LogP) is 1.82. The Balaban J connectivity index is 2.40. The Labute approximate surface area is 111 Å². The van der Waals surface area contributed by atoms with Crippen LogP contribution in [0.1, 0.15) is 18.7 Å². The summed E-state index contributed by atoms with van der Waals surface area (Å²) in [6.45, 7) is 4.91. The van der Waals surface area contributed by atoms with Crippen molar-refractivity contribution in [3.63, 3.8) is 0 Å². The van der Waals surface area contributed by atoms with Crippen molar-refractivity contribution in [2.75, 3.05) is 12.8 Å². The van der Waals surface area contributed by atoms with Crippen molar-refractivity contribution in [3.05, 3.63) is 21.3 Å². The Bertz CT molecular complexity index is 468.